The molecule has 1 atom stereocenters. The molecule has 0 fully saturated rings. The fraction of sp³-hybridized carbons (Fsp3) is 0.211. The first-order chi connectivity index (χ1) is 12.2. The maximum Gasteiger partial charge on any atom is 0.127 e. The molecule has 0 spiro atoms. The molecule has 2 aromatic heterocycles. The Morgan fingerprint density at radius 1 is 1.24 bits per heavy atom. The van der Waals surface area contributed by atoms with Gasteiger partial charge in [0, 0.05) is 41.4 Å². The van der Waals surface area contributed by atoms with Gasteiger partial charge in [0.1, 0.15) is 5.82 Å². The highest BCUT2D eigenvalue weighted by Crippen LogP contribution is 2.24. The Balaban J connectivity index is 1.76. The summed E-state index contributed by atoms with van der Waals surface area (Å²) in [7, 11) is 0. The largest absolute Gasteiger partial charge is 0.396 e. The average Bonchev–Trinajstić information content (AvgIpc) is 2.65. The number of benzene rings is 1. The number of aliphatic hydroxyl groups is 1. The number of hydrogen-bond donors (Lipinski definition) is 2. The summed E-state index contributed by atoms with van der Waals surface area (Å²) >= 11 is 6.00. The van der Waals surface area contributed by atoms with E-state index in [0.29, 0.717) is 34.9 Å². The summed E-state index contributed by atoms with van der Waals surface area (Å²) in [6, 6.07) is 14.9. The van der Waals surface area contributed by atoms with E-state index in [9.17, 15) is 10.4 Å². The summed E-state index contributed by atoms with van der Waals surface area (Å²) in [5.41, 5.74) is 2.15. The Morgan fingerprint density at radius 2 is 2.12 bits per heavy atom. The zero-order valence-electron chi connectivity index (χ0n) is 13.5. The van der Waals surface area contributed by atoms with E-state index in [4.69, 9.17) is 11.6 Å². The molecule has 126 valence electrons. The number of anilines is 1. The van der Waals surface area contributed by atoms with E-state index in [2.05, 4.69) is 21.4 Å². The molecule has 0 aliphatic heterocycles. The number of halogens is 1. The molecule has 0 aliphatic rings. The second-order valence-electron chi connectivity index (χ2n) is 5.78. The number of nitrogens with zero attached hydrogens (tertiary/aromatic N) is 3. The summed E-state index contributed by atoms with van der Waals surface area (Å²) in [6.07, 6.45) is 2.41. The number of fused-ring (bicyclic) bond motifs is 1. The normalized spacial score (nSPS) is 11.9. The molecule has 0 bridgehead atoms. The van der Waals surface area contributed by atoms with Gasteiger partial charge in [-0.3, -0.25) is 4.98 Å². The van der Waals surface area contributed by atoms with Crippen LogP contribution in [0.4, 0.5) is 5.82 Å². The lowest BCUT2D eigenvalue weighted by molar-refractivity contribution is 0.232. The molecule has 6 heteroatoms. The van der Waals surface area contributed by atoms with Gasteiger partial charge in [0.25, 0.3) is 0 Å². The van der Waals surface area contributed by atoms with Crippen molar-refractivity contribution < 1.29 is 5.11 Å². The van der Waals surface area contributed by atoms with E-state index in [-0.39, 0.29) is 12.5 Å². The van der Waals surface area contributed by atoms with Crippen LogP contribution < -0.4 is 5.32 Å². The van der Waals surface area contributed by atoms with Gasteiger partial charge >= 0.3 is 0 Å². The second-order valence-corrected chi connectivity index (χ2v) is 6.22. The van der Waals surface area contributed by atoms with Gasteiger partial charge in [0.2, 0.25) is 0 Å². The van der Waals surface area contributed by atoms with E-state index in [1.165, 1.54) is 0 Å². The van der Waals surface area contributed by atoms with Crippen LogP contribution in [0.3, 0.4) is 0 Å². The average molecular weight is 353 g/mol. The van der Waals surface area contributed by atoms with E-state index in [0.717, 1.165) is 11.1 Å². The van der Waals surface area contributed by atoms with Crippen molar-refractivity contribution in [3.63, 3.8) is 0 Å². The minimum atomic E-state index is 0.00292. The van der Waals surface area contributed by atoms with Crippen LogP contribution in [0.1, 0.15) is 11.3 Å². The van der Waals surface area contributed by atoms with Crippen molar-refractivity contribution in [1.82, 2.24) is 9.97 Å². The quantitative estimate of drug-likeness (QED) is 0.710. The molecule has 2 N–H and O–H groups in total. The smallest absolute Gasteiger partial charge is 0.127 e. The van der Waals surface area contributed by atoms with Crippen molar-refractivity contribution in [3.05, 3.63) is 64.9 Å². The van der Waals surface area contributed by atoms with Gasteiger partial charge in [-0.15, -0.1) is 0 Å². The highest BCUT2D eigenvalue weighted by molar-refractivity contribution is 6.31. The van der Waals surface area contributed by atoms with Crippen LogP contribution in [0.25, 0.3) is 10.9 Å². The van der Waals surface area contributed by atoms with Crippen molar-refractivity contribution in [2.45, 2.75) is 6.42 Å². The Kier molecular flexibility index (Phi) is 5.44. The maximum absolute atomic E-state index is 9.61. The first-order valence-corrected chi connectivity index (χ1v) is 8.32. The van der Waals surface area contributed by atoms with Gasteiger partial charge < -0.3 is 10.4 Å². The van der Waals surface area contributed by atoms with Gasteiger partial charge in [-0.2, -0.15) is 5.26 Å². The van der Waals surface area contributed by atoms with Gasteiger partial charge in [-0.25, -0.2) is 4.98 Å². The number of nitrogens with one attached hydrogen (secondary N) is 1. The van der Waals surface area contributed by atoms with Crippen LogP contribution in [0.5, 0.6) is 0 Å². The number of pyridine rings is 2. The van der Waals surface area contributed by atoms with E-state index < -0.39 is 0 Å². The SMILES string of the molecule is N#Cc1cc(NCC(CO)Cc2ccccn2)nc2ccc(Cl)cc12. The zero-order chi connectivity index (χ0) is 17.6. The summed E-state index contributed by atoms with van der Waals surface area (Å²) in [5, 5.41) is 23.5. The first-order valence-electron chi connectivity index (χ1n) is 7.94. The predicted octanol–water partition coefficient (Wildman–Crippen LogP) is 3.42. The van der Waals surface area contributed by atoms with Crippen LogP contribution >= 0.6 is 11.6 Å². The summed E-state index contributed by atoms with van der Waals surface area (Å²) in [4.78, 5) is 8.81. The van der Waals surface area contributed by atoms with Crippen molar-refractivity contribution in [1.29, 1.82) is 5.26 Å². The second kappa shape index (κ2) is 7.93. The topological polar surface area (TPSA) is 81.8 Å². The molecule has 0 saturated heterocycles. The zero-order valence-corrected chi connectivity index (χ0v) is 14.2. The van der Waals surface area contributed by atoms with Crippen LogP contribution in [-0.2, 0) is 6.42 Å². The molecule has 0 aliphatic carbocycles. The molecule has 0 radical (unpaired) electrons. The molecule has 1 aromatic carbocycles. The maximum atomic E-state index is 9.61. The van der Waals surface area contributed by atoms with Crippen molar-refractivity contribution in [2.24, 2.45) is 5.92 Å². The van der Waals surface area contributed by atoms with Gasteiger partial charge in [-0.1, -0.05) is 17.7 Å². The third-order valence-electron chi connectivity index (χ3n) is 3.95. The Hall–Kier alpha value is -2.68. The molecule has 2 heterocycles. The third kappa shape index (κ3) is 4.24. The van der Waals surface area contributed by atoms with Crippen molar-refractivity contribution in [3.8, 4) is 6.07 Å². The number of rotatable bonds is 6. The molecule has 5 nitrogen and oxygen atoms in total. The third-order valence-corrected chi connectivity index (χ3v) is 4.18. The van der Waals surface area contributed by atoms with Gasteiger partial charge in [0.15, 0.2) is 0 Å². The van der Waals surface area contributed by atoms with Crippen LogP contribution in [0.15, 0.2) is 48.7 Å². The van der Waals surface area contributed by atoms with Crippen molar-refractivity contribution >= 4 is 28.3 Å². The van der Waals surface area contributed by atoms with Gasteiger partial charge in [0.05, 0.1) is 17.1 Å². The van der Waals surface area contributed by atoms with Crippen LogP contribution in [0, 0.1) is 17.2 Å². The molecule has 0 saturated carbocycles. The Morgan fingerprint density at radius 3 is 2.84 bits per heavy atom. The lowest BCUT2D eigenvalue weighted by Gasteiger charge is -2.15. The monoisotopic (exact) mass is 352 g/mol. The molecular formula is C19H17ClN4O. The predicted molar refractivity (Wildman–Crippen MR) is 98.5 cm³/mol. The van der Waals surface area contributed by atoms with Crippen molar-refractivity contribution in [2.75, 3.05) is 18.5 Å². The summed E-state index contributed by atoms with van der Waals surface area (Å²) in [6.45, 7) is 0.571. The van der Waals surface area contributed by atoms with E-state index in [1.807, 2.05) is 18.2 Å². The fourth-order valence-corrected chi connectivity index (χ4v) is 2.82. The standard InChI is InChI=1S/C19H17ClN4O/c20-15-4-5-18-17(9-15)14(10-21)8-19(24-18)23-11-13(12-25)7-16-3-1-2-6-22-16/h1-6,8-9,13,25H,7,11-12H2,(H,23,24). The Labute approximate surface area is 150 Å². The highest BCUT2D eigenvalue weighted by atomic mass is 35.5. The highest BCUT2D eigenvalue weighted by Gasteiger charge is 2.11. The molecule has 3 rings (SSSR count). The fourth-order valence-electron chi connectivity index (χ4n) is 2.65. The molecule has 0 amide bonds. The van der Waals surface area contributed by atoms with E-state index >= 15 is 0 Å². The number of nitriles is 1. The first kappa shape index (κ1) is 17.2. The Bertz CT molecular complexity index is 908. The van der Waals surface area contributed by atoms with E-state index in [1.54, 1.807) is 30.5 Å². The van der Waals surface area contributed by atoms with Crippen LogP contribution in [-0.4, -0.2) is 28.2 Å². The van der Waals surface area contributed by atoms with Gasteiger partial charge in [-0.05, 0) is 42.8 Å². The minimum absolute atomic E-state index is 0.00292. The number of aliphatic hydroxyl groups excluding tert-OH is 1. The lowest BCUT2D eigenvalue weighted by atomic mass is 10.0. The van der Waals surface area contributed by atoms with Crippen LogP contribution in [0.2, 0.25) is 5.02 Å². The molecule has 3 aromatic rings. The summed E-state index contributed by atoms with van der Waals surface area (Å²) < 4.78 is 0. The minimum Gasteiger partial charge on any atom is -0.396 e. The molecular weight excluding hydrogens is 336 g/mol. The number of hydrogen-bond acceptors (Lipinski definition) is 5. The lowest BCUT2D eigenvalue weighted by Crippen LogP contribution is -2.21. The summed E-state index contributed by atoms with van der Waals surface area (Å²) in [5.74, 6) is 0.606. The number of aromatic nitrogens is 2. The molecule has 1 unspecified atom stereocenters. The molecule has 25 heavy (non-hydrogen) atoms.